The third-order valence-electron chi connectivity index (χ3n) is 3.49. The number of nitrogens with zero attached hydrogens (tertiary/aromatic N) is 1. The minimum Gasteiger partial charge on any atom is -0.490 e. The molecule has 0 radical (unpaired) electrons. The molecule has 1 aromatic heterocycles. The van der Waals surface area contributed by atoms with Crippen LogP contribution in [-0.2, 0) is 0 Å². The second-order valence-electron chi connectivity index (χ2n) is 5.00. The molecule has 0 spiro atoms. The molecule has 1 aromatic carbocycles. The van der Waals surface area contributed by atoms with Gasteiger partial charge in [0.05, 0.1) is 0 Å². The summed E-state index contributed by atoms with van der Waals surface area (Å²) < 4.78 is 6.07. The molecule has 3 rings (SSSR count). The Bertz CT molecular complexity index is 541. The number of hydrogen-bond acceptors (Lipinski definition) is 3. The summed E-state index contributed by atoms with van der Waals surface area (Å²) in [4.78, 5) is 4.12. The molecule has 0 saturated carbocycles. The second-order valence-corrected chi connectivity index (χ2v) is 5.00. The van der Waals surface area contributed by atoms with Gasteiger partial charge in [-0.25, -0.2) is 0 Å². The maximum absolute atomic E-state index is 6.07. The molecule has 1 saturated heterocycles. The zero-order valence-corrected chi connectivity index (χ0v) is 10.6. The number of rotatable bonds is 2. The van der Waals surface area contributed by atoms with Crippen molar-refractivity contribution in [3.63, 3.8) is 0 Å². The Hall–Kier alpha value is -1.61. The zero-order valence-electron chi connectivity index (χ0n) is 10.6. The van der Waals surface area contributed by atoms with E-state index in [0.717, 1.165) is 30.5 Å². The Balaban J connectivity index is 1.78. The molecule has 0 bridgehead atoms. The van der Waals surface area contributed by atoms with Crippen molar-refractivity contribution in [3.05, 3.63) is 36.7 Å². The van der Waals surface area contributed by atoms with Crippen LogP contribution < -0.4 is 10.1 Å². The average Bonchev–Trinajstić information content (AvgIpc) is 2.39. The summed E-state index contributed by atoms with van der Waals surface area (Å²) in [6.45, 7) is 3.25. The maximum Gasteiger partial charge on any atom is 0.120 e. The summed E-state index contributed by atoms with van der Waals surface area (Å²) in [5, 5.41) is 5.78. The highest BCUT2D eigenvalue weighted by Gasteiger charge is 2.19. The Morgan fingerprint density at radius 1 is 1.28 bits per heavy atom. The van der Waals surface area contributed by atoms with E-state index in [-0.39, 0.29) is 0 Å². The van der Waals surface area contributed by atoms with E-state index >= 15 is 0 Å². The fourth-order valence-corrected chi connectivity index (χ4v) is 2.52. The van der Waals surface area contributed by atoms with Crippen LogP contribution in [-0.4, -0.2) is 23.7 Å². The molecular formula is C15H18N2O. The number of piperidine rings is 1. The molecule has 0 aliphatic carbocycles. The molecule has 18 heavy (non-hydrogen) atoms. The predicted octanol–water partition coefficient (Wildman–Crippen LogP) is 2.75. The fourth-order valence-electron chi connectivity index (χ4n) is 2.52. The van der Waals surface area contributed by atoms with Gasteiger partial charge >= 0.3 is 0 Å². The summed E-state index contributed by atoms with van der Waals surface area (Å²) in [6.07, 6.45) is 6.19. The molecule has 1 aliphatic heterocycles. The van der Waals surface area contributed by atoms with Gasteiger partial charge in [0, 0.05) is 23.8 Å². The number of aromatic nitrogens is 1. The van der Waals surface area contributed by atoms with Crippen molar-refractivity contribution in [2.75, 3.05) is 6.54 Å². The van der Waals surface area contributed by atoms with Gasteiger partial charge in [-0.05, 0) is 56.0 Å². The van der Waals surface area contributed by atoms with Gasteiger partial charge < -0.3 is 10.1 Å². The first kappa shape index (κ1) is 11.5. The Kier molecular flexibility index (Phi) is 3.15. The molecule has 2 aromatic rings. The van der Waals surface area contributed by atoms with E-state index < -0.39 is 0 Å². The normalized spacial score (nSPS) is 24.1. The molecule has 2 atom stereocenters. The molecular weight excluding hydrogens is 224 g/mol. The van der Waals surface area contributed by atoms with Crippen molar-refractivity contribution < 1.29 is 4.74 Å². The molecule has 1 N–H and O–H groups in total. The van der Waals surface area contributed by atoms with Crippen LogP contribution in [0.25, 0.3) is 10.8 Å². The molecule has 1 fully saturated rings. The van der Waals surface area contributed by atoms with Crippen LogP contribution in [0.5, 0.6) is 5.75 Å². The minimum atomic E-state index is 0.334. The number of pyridine rings is 1. The third-order valence-corrected chi connectivity index (χ3v) is 3.49. The molecule has 3 nitrogen and oxygen atoms in total. The highest BCUT2D eigenvalue weighted by atomic mass is 16.5. The van der Waals surface area contributed by atoms with Crippen molar-refractivity contribution >= 4 is 10.8 Å². The lowest BCUT2D eigenvalue weighted by atomic mass is 10.0. The summed E-state index contributed by atoms with van der Waals surface area (Å²) in [5.74, 6) is 0.966. The number of hydrogen-bond donors (Lipinski definition) is 1. The van der Waals surface area contributed by atoms with Gasteiger partial charge in [0.2, 0.25) is 0 Å². The van der Waals surface area contributed by atoms with Gasteiger partial charge in [0.25, 0.3) is 0 Å². The van der Waals surface area contributed by atoms with Gasteiger partial charge in [0.15, 0.2) is 0 Å². The number of benzene rings is 1. The highest BCUT2D eigenvalue weighted by molar-refractivity contribution is 5.82. The van der Waals surface area contributed by atoms with Crippen LogP contribution in [0.3, 0.4) is 0 Å². The summed E-state index contributed by atoms with van der Waals surface area (Å²) in [7, 11) is 0. The molecule has 3 heteroatoms. The first-order valence-corrected chi connectivity index (χ1v) is 6.55. The van der Waals surface area contributed by atoms with Gasteiger partial charge in [-0.15, -0.1) is 0 Å². The SMILES string of the molecule is C[C@H]1C[C@H](Oc2ccc3cnccc3c2)CCN1. The van der Waals surface area contributed by atoms with Crippen LogP contribution in [0.4, 0.5) is 0 Å². The van der Waals surface area contributed by atoms with Gasteiger partial charge in [-0.1, -0.05) is 0 Å². The monoisotopic (exact) mass is 242 g/mol. The lowest BCUT2D eigenvalue weighted by Gasteiger charge is -2.28. The van der Waals surface area contributed by atoms with Gasteiger partial charge in [-0.2, -0.15) is 0 Å². The lowest BCUT2D eigenvalue weighted by molar-refractivity contribution is 0.144. The van der Waals surface area contributed by atoms with Gasteiger partial charge in [-0.3, -0.25) is 4.98 Å². The quantitative estimate of drug-likeness (QED) is 0.879. The maximum atomic E-state index is 6.07. The Morgan fingerprint density at radius 3 is 3.11 bits per heavy atom. The van der Waals surface area contributed by atoms with Crippen molar-refractivity contribution in [3.8, 4) is 5.75 Å². The van der Waals surface area contributed by atoms with Crippen molar-refractivity contribution in [1.82, 2.24) is 10.3 Å². The predicted molar refractivity (Wildman–Crippen MR) is 72.9 cm³/mol. The summed E-state index contributed by atoms with van der Waals surface area (Å²) in [6, 6.07) is 8.78. The molecule has 2 heterocycles. The van der Waals surface area contributed by atoms with Crippen molar-refractivity contribution in [1.29, 1.82) is 0 Å². The van der Waals surface area contributed by atoms with E-state index in [2.05, 4.69) is 29.4 Å². The number of fused-ring (bicyclic) bond motifs is 1. The third kappa shape index (κ3) is 2.46. The zero-order chi connectivity index (χ0) is 12.4. The molecule has 0 amide bonds. The van der Waals surface area contributed by atoms with E-state index in [4.69, 9.17) is 4.74 Å². The molecule has 94 valence electrons. The van der Waals surface area contributed by atoms with Crippen molar-refractivity contribution in [2.24, 2.45) is 0 Å². The van der Waals surface area contributed by atoms with Crippen LogP contribution in [0.2, 0.25) is 0 Å². The van der Waals surface area contributed by atoms with E-state index in [0.29, 0.717) is 12.1 Å². The largest absolute Gasteiger partial charge is 0.490 e. The van der Waals surface area contributed by atoms with Crippen molar-refractivity contribution in [2.45, 2.75) is 31.9 Å². The highest BCUT2D eigenvalue weighted by Crippen LogP contribution is 2.23. The number of nitrogens with one attached hydrogen (secondary N) is 1. The second kappa shape index (κ2) is 4.94. The first-order chi connectivity index (χ1) is 8.81. The van der Waals surface area contributed by atoms with E-state index in [1.54, 1.807) is 0 Å². The van der Waals surface area contributed by atoms with E-state index in [9.17, 15) is 0 Å². The smallest absolute Gasteiger partial charge is 0.120 e. The summed E-state index contributed by atoms with van der Waals surface area (Å²) in [5.41, 5.74) is 0. The van der Waals surface area contributed by atoms with E-state index in [1.807, 2.05) is 24.5 Å². The topological polar surface area (TPSA) is 34.1 Å². The van der Waals surface area contributed by atoms with Crippen LogP contribution >= 0.6 is 0 Å². The van der Waals surface area contributed by atoms with Crippen LogP contribution in [0.1, 0.15) is 19.8 Å². The minimum absolute atomic E-state index is 0.334. The standard InChI is InChI=1S/C15H18N2O/c1-11-8-15(5-7-17-11)18-14-3-2-13-10-16-6-4-12(13)9-14/h2-4,6,9-11,15,17H,5,7-8H2,1H3/t11-,15+/m0/s1. The molecule has 0 unspecified atom stereocenters. The fraction of sp³-hybridized carbons (Fsp3) is 0.400. The van der Waals surface area contributed by atoms with Crippen LogP contribution in [0.15, 0.2) is 36.7 Å². The Labute approximate surface area is 107 Å². The van der Waals surface area contributed by atoms with Gasteiger partial charge in [0.1, 0.15) is 11.9 Å². The Morgan fingerprint density at radius 2 is 2.22 bits per heavy atom. The first-order valence-electron chi connectivity index (χ1n) is 6.55. The number of ether oxygens (including phenoxy) is 1. The summed E-state index contributed by atoms with van der Waals surface area (Å²) >= 11 is 0. The lowest BCUT2D eigenvalue weighted by Crippen LogP contribution is -2.40. The van der Waals surface area contributed by atoms with Crippen LogP contribution in [0, 0.1) is 0 Å². The average molecular weight is 242 g/mol. The molecule has 1 aliphatic rings. The van der Waals surface area contributed by atoms with E-state index in [1.165, 1.54) is 5.39 Å².